The molecule has 2 heterocycles. The SMILES string of the molecule is CN(C(=O)c1nc[nH]c1C(N)=O)c1ccc(NC(=O)c2cccc(Cl)n2)cc1. The second-order valence-corrected chi connectivity index (χ2v) is 6.09. The first kappa shape index (κ1) is 19.1. The normalized spacial score (nSPS) is 10.4. The molecule has 9 nitrogen and oxygen atoms in total. The monoisotopic (exact) mass is 398 g/mol. The maximum Gasteiger partial charge on any atom is 0.279 e. The number of imidazole rings is 1. The number of nitrogens with zero attached hydrogens (tertiary/aromatic N) is 3. The molecular formula is C18H15ClN6O3. The molecule has 0 atom stereocenters. The Morgan fingerprint density at radius 2 is 1.86 bits per heavy atom. The summed E-state index contributed by atoms with van der Waals surface area (Å²) in [6.07, 6.45) is 1.23. The van der Waals surface area contributed by atoms with Gasteiger partial charge in [-0.05, 0) is 36.4 Å². The van der Waals surface area contributed by atoms with Crippen LogP contribution in [0.15, 0.2) is 48.8 Å². The molecule has 3 aromatic rings. The van der Waals surface area contributed by atoms with Gasteiger partial charge in [0.2, 0.25) is 0 Å². The number of halogens is 1. The lowest BCUT2D eigenvalue weighted by Crippen LogP contribution is -2.29. The number of carbonyl (C=O) groups excluding carboxylic acids is 3. The van der Waals surface area contributed by atoms with Crippen molar-refractivity contribution in [2.45, 2.75) is 0 Å². The van der Waals surface area contributed by atoms with Crippen molar-refractivity contribution < 1.29 is 14.4 Å². The maximum absolute atomic E-state index is 12.6. The number of amides is 3. The predicted octanol–water partition coefficient (Wildman–Crippen LogP) is 2.09. The number of primary amides is 1. The van der Waals surface area contributed by atoms with Gasteiger partial charge in [0.25, 0.3) is 17.7 Å². The zero-order valence-corrected chi connectivity index (χ0v) is 15.4. The Balaban J connectivity index is 1.73. The Morgan fingerprint density at radius 1 is 1.14 bits per heavy atom. The summed E-state index contributed by atoms with van der Waals surface area (Å²) in [4.78, 5) is 47.8. The number of aromatic nitrogens is 3. The maximum atomic E-state index is 12.6. The van der Waals surface area contributed by atoms with Crippen LogP contribution < -0.4 is 16.0 Å². The van der Waals surface area contributed by atoms with E-state index in [1.165, 1.54) is 18.3 Å². The van der Waals surface area contributed by atoms with Crippen molar-refractivity contribution in [1.29, 1.82) is 0 Å². The zero-order chi connectivity index (χ0) is 20.3. The highest BCUT2D eigenvalue weighted by molar-refractivity contribution is 6.29. The first-order valence-electron chi connectivity index (χ1n) is 8.02. The summed E-state index contributed by atoms with van der Waals surface area (Å²) in [6, 6.07) is 11.3. The van der Waals surface area contributed by atoms with Gasteiger partial charge in [-0.2, -0.15) is 0 Å². The molecular weight excluding hydrogens is 384 g/mol. The highest BCUT2D eigenvalue weighted by Crippen LogP contribution is 2.20. The molecule has 0 saturated carbocycles. The molecule has 142 valence electrons. The summed E-state index contributed by atoms with van der Waals surface area (Å²) < 4.78 is 0. The molecule has 0 bridgehead atoms. The number of nitrogens with one attached hydrogen (secondary N) is 2. The van der Waals surface area contributed by atoms with Gasteiger partial charge in [0.1, 0.15) is 16.5 Å². The fraction of sp³-hybridized carbons (Fsp3) is 0.0556. The molecule has 3 rings (SSSR count). The van der Waals surface area contributed by atoms with Gasteiger partial charge >= 0.3 is 0 Å². The molecule has 0 spiro atoms. The van der Waals surface area contributed by atoms with Crippen LogP contribution in [0.5, 0.6) is 0 Å². The number of benzene rings is 1. The minimum Gasteiger partial charge on any atom is -0.364 e. The molecule has 4 N–H and O–H groups in total. The molecule has 0 aliphatic heterocycles. The van der Waals surface area contributed by atoms with Gasteiger partial charge in [-0.15, -0.1) is 0 Å². The van der Waals surface area contributed by atoms with E-state index in [0.29, 0.717) is 11.4 Å². The molecule has 2 aromatic heterocycles. The summed E-state index contributed by atoms with van der Waals surface area (Å²) >= 11 is 5.79. The van der Waals surface area contributed by atoms with E-state index in [4.69, 9.17) is 17.3 Å². The lowest BCUT2D eigenvalue weighted by atomic mass is 10.2. The van der Waals surface area contributed by atoms with Crippen molar-refractivity contribution in [2.24, 2.45) is 5.73 Å². The summed E-state index contributed by atoms with van der Waals surface area (Å²) in [7, 11) is 1.53. The van der Waals surface area contributed by atoms with E-state index in [2.05, 4.69) is 20.3 Å². The minimum absolute atomic E-state index is 0.0604. The Hall–Kier alpha value is -3.72. The molecule has 1 aromatic carbocycles. The first-order valence-corrected chi connectivity index (χ1v) is 8.40. The van der Waals surface area contributed by atoms with Gasteiger partial charge in [0.05, 0.1) is 6.33 Å². The highest BCUT2D eigenvalue weighted by Gasteiger charge is 2.22. The summed E-state index contributed by atoms with van der Waals surface area (Å²) in [5.41, 5.74) is 6.31. The fourth-order valence-corrected chi connectivity index (χ4v) is 2.58. The Kier molecular flexibility index (Phi) is 5.37. The van der Waals surface area contributed by atoms with Crippen LogP contribution in [0.25, 0.3) is 0 Å². The second-order valence-electron chi connectivity index (χ2n) is 5.70. The van der Waals surface area contributed by atoms with Crippen molar-refractivity contribution >= 4 is 40.7 Å². The number of hydrogen-bond donors (Lipinski definition) is 3. The predicted molar refractivity (Wildman–Crippen MR) is 103 cm³/mol. The molecule has 10 heteroatoms. The van der Waals surface area contributed by atoms with Crippen LogP contribution in [0.3, 0.4) is 0 Å². The largest absolute Gasteiger partial charge is 0.364 e. The van der Waals surface area contributed by atoms with E-state index in [9.17, 15) is 14.4 Å². The lowest BCUT2D eigenvalue weighted by molar-refractivity contribution is 0.0958. The third-order valence-corrected chi connectivity index (χ3v) is 4.06. The number of carbonyl (C=O) groups is 3. The number of anilines is 2. The quantitative estimate of drug-likeness (QED) is 0.565. The molecule has 28 heavy (non-hydrogen) atoms. The third kappa shape index (κ3) is 3.99. The van der Waals surface area contributed by atoms with Crippen LogP contribution in [0.4, 0.5) is 11.4 Å². The van der Waals surface area contributed by atoms with Crippen LogP contribution in [-0.4, -0.2) is 39.7 Å². The topological polar surface area (TPSA) is 134 Å². The number of hydrogen-bond acceptors (Lipinski definition) is 5. The Morgan fingerprint density at radius 3 is 2.50 bits per heavy atom. The van der Waals surface area contributed by atoms with Gasteiger partial charge < -0.3 is 20.9 Å². The number of aromatic amines is 1. The molecule has 0 unspecified atom stereocenters. The van der Waals surface area contributed by atoms with E-state index in [-0.39, 0.29) is 22.2 Å². The van der Waals surface area contributed by atoms with E-state index in [1.807, 2.05) is 0 Å². The van der Waals surface area contributed by atoms with Gasteiger partial charge in [-0.1, -0.05) is 17.7 Å². The summed E-state index contributed by atoms with van der Waals surface area (Å²) in [5, 5.41) is 2.91. The standard InChI is InChI=1S/C18H15ClN6O3/c1-25(18(28)15-14(16(20)26)21-9-22-15)11-7-5-10(6-8-11)23-17(27)12-3-2-4-13(19)24-12/h2-9H,1H3,(H2,20,26)(H,21,22)(H,23,27). The smallest absolute Gasteiger partial charge is 0.279 e. The fourth-order valence-electron chi connectivity index (χ4n) is 2.42. The van der Waals surface area contributed by atoms with Crippen molar-refractivity contribution in [3.63, 3.8) is 0 Å². The van der Waals surface area contributed by atoms with Crippen molar-refractivity contribution in [3.8, 4) is 0 Å². The molecule has 0 radical (unpaired) electrons. The number of nitrogens with two attached hydrogens (primary N) is 1. The van der Waals surface area contributed by atoms with Crippen LogP contribution in [-0.2, 0) is 0 Å². The van der Waals surface area contributed by atoms with Crippen LogP contribution in [0.2, 0.25) is 5.15 Å². The minimum atomic E-state index is -0.776. The Labute approximate surface area is 164 Å². The van der Waals surface area contributed by atoms with E-state index >= 15 is 0 Å². The first-order chi connectivity index (χ1) is 13.4. The van der Waals surface area contributed by atoms with Crippen LogP contribution in [0, 0.1) is 0 Å². The zero-order valence-electron chi connectivity index (χ0n) is 14.6. The third-order valence-electron chi connectivity index (χ3n) is 3.85. The van der Waals surface area contributed by atoms with Gasteiger partial charge in [-0.3, -0.25) is 14.4 Å². The van der Waals surface area contributed by atoms with Crippen molar-refractivity contribution in [3.05, 3.63) is 71.0 Å². The van der Waals surface area contributed by atoms with Gasteiger partial charge in [-0.25, -0.2) is 9.97 Å². The highest BCUT2D eigenvalue weighted by atomic mass is 35.5. The molecule has 3 amide bonds. The number of pyridine rings is 1. The van der Waals surface area contributed by atoms with Gasteiger partial charge in [0.15, 0.2) is 5.69 Å². The van der Waals surface area contributed by atoms with Crippen LogP contribution in [0.1, 0.15) is 31.5 Å². The lowest BCUT2D eigenvalue weighted by Gasteiger charge is -2.17. The average Bonchev–Trinajstić information content (AvgIpc) is 3.17. The van der Waals surface area contributed by atoms with E-state index in [0.717, 1.165) is 0 Å². The van der Waals surface area contributed by atoms with E-state index in [1.54, 1.807) is 42.5 Å². The Bertz CT molecular complexity index is 1050. The second kappa shape index (κ2) is 7.89. The molecule has 0 aliphatic rings. The summed E-state index contributed by atoms with van der Waals surface area (Å²) in [5.74, 6) is -1.70. The number of rotatable bonds is 5. The van der Waals surface area contributed by atoms with Crippen molar-refractivity contribution in [2.75, 3.05) is 17.3 Å². The van der Waals surface area contributed by atoms with E-state index < -0.39 is 17.7 Å². The van der Waals surface area contributed by atoms with Crippen LogP contribution >= 0.6 is 11.6 Å². The molecule has 0 aliphatic carbocycles. The van der Waals surface area contributed by atoms with Crippen molar-refractivity contribution in [1.82, 2.24) is 15.0 Å². The molecule has 0 fully saturated rings. The number of H-pyrrole nitrogens is 1. The van der Waals surface area contributed by atoms with Gasteiger partial charge in [0, 0.05) is 18.4 Å². The molecule has 0 saturated heterocycles. The summed E-state index contributed by atoms with van der Waals surface area (Å²) in [6.45, 7) is 0. The average molecular weight is 399 g/mol.